The molecule has 2 aromatic heterocycles. The Kier molecular flexibility index (Phi) is 13.3. The van der Waals surface area contributed by atoms with Gasteiger partial charge in [0, 0.05) is 11.9 Å². The van der Waals surface area contributed by atoms with Crippen LogP contribution in [0, 0.1) is 3.80 Å². The average Bonchev–Trinajstić information content (AvgIpc) is 0.797. The summed E-state index contributed by atoms with van der Waals surface area (Å²) in [5.74, 6) is 2.37. The summed E-state index contributed by atoms with van der Waals surface area (Å²) in [6.07, 6.45) is 1.98. The maximum absolute atomic E-state index is 7.59. The summed E-state index contributed by atoms with van der Waals surface area (Å²) in [7, 11) is 0. The standard InChI is InChI=1S/C79H69N5O.Pt/c1-76(2,3)55-43-44-69-64(47-55)79(62-37-19-21-39-67(62)83(57-31-17-12-18-32-57)68-40-22-20-38-63(68)79)65-50-66(78(7,8)9)73(51-72(65)84(69)74-48-56(45-46-80-74)77(4,5)6)85-59-34-25-33-58(49-59)81-52-82(71-42-24-23-41-70(71)81)75-60(53-27-13-10-14-28-53)35-26-36-61(75)54-29-15-11-16-30-54;/h10-51H,1-9H3;. The number of hydrogen-bond donors (Lipinski definition) is 0. The number of rotatable bonds is 8. The van der Waals surface area contributed by atoms with Gasteiger partial charge >= 0.3 is 331 Å². The van der Waals surface area contributed by atoms with Gasteiger partial charge in [-0.3, -0.25) is 0 Å². The second kappa shape index (κ2) is 20.9. The number of anilines is 6. The number of hydrogen-bond acceptors (Lipinski definition) is 4. The third kappa shape index (κ3) is 9.03. The Balaban J connectivity index is 1.01. The molecule has 426 valence electrons. The number of fused-ring (bicyclic) bond motifs is 9. The van der Waals surface area contributed by atoms with Gasteiger partial charge < -0.3 is 4.90 Å². The van der Waals surface area contributed by atoms with Gasteiger partial charge in [0.1, 0.15) is 0 Å². The molecular formula is C79H69N5OPt. The molecule has 0 amide bonds. The summed E-state index contributed by atoms with van der Waals surface area (Å²) in [5.41, 5.74) is 21.3. The molecule has 0 bridgehead atoms. The molecule has 10 aromatic carbocycles. The molecule has 0 saturated heterocycles. The molecule has 14 rings (SSSR count). The van der Waals surface area contributed by atoms with E-state index in [0.29, 0.717) is 0 Å². The fraction of sp³-hybridized carbons (Fsp3) is 0.165. The van der Waals surface area contributed by atoms with Gasteiger partial charge in [-0.15, -0.1) is 0 Å². The van der Waals surface area contributed by atoms with Gasteiger partial charge in [-0.2, -0.15) is 0 Å². The molecule has 0 fully saturated rings. The van der Waals surface area contributed by atoms with E-state index in [9.17, 15) is 0 Å². The van der Waals surface area contributed by atoms with E-state index in [1.165, 1.54) is 33.4 Å². The molecule has 7 heteroatoms. The van der Waals surface area contributed by atoms with Crippen LogP contribution >= 0.6 is 0 Å². The first-order valence-electron chi connectivity index (χ1n) is 29.9. The van der Waals surface area contributed by atoms with E-state index in [0.717, 1.165) is 99.8 Å². The van der Waals surface area contributed by atoms with Crippen LogP contribution < -0.4 is 14.5 Å². The third-order valence-corrected chi connectivity index (χ3v) is 18.5. The fourth-order valence-corrected chi connectivity index (χ4v) is 14.4. The van der Waals surface area contributed by atoms with Crippen molar-refractivity contribution < 1.29 is 24.1 Å². The quantitative estimate of drug-likeness (QED) is 0.152. The molecule has 12 aromatic rings. The first-order chi connectivity index (χ1) is 41.5. The zero-order chi connectivity index (χ0) is 59.3. The normalized spacial score (nSPS) is 13.5. The maximum atomic E-state index is 7.59. The van der Waals surface area contributed by atoms with Crippen molar-refractivity contribution in [3.8, 4) is 45.1 Å². The Bertz CT molecular complexity index is 4550. The Labute approximate surface area is 516 Å². The summed E-state index contributed by atoms with van der Waals surface area (Å²) < 4.78 is 13.4. The number of para-hydroxylation sites is 6. The first kappa shape index (κ1) is 54.8. The number of pyridine rings is 1. The number of imidazole rings is 1. The first-order valence-corrected chi connectivity index (χ1v) is 31.0. The van der Waals surface area contributed by atoms with Gasteiger partial charge in [-0.1, -0.05) is 108 Å². The predicted molar refractivity (Wildman–Crippen MR) is 352 cm³/mol. The second-order valence-corrected chi connectivity index (χ2v) is 27.0. The molecule has 86 heavy (non-hydrogen) atoms. The van der Waals surface area contributed by atoms with Crippen LogP contribution in [-0.4, -0.2) is 14.1 Å². The SMILES string of the molecule is CC(C)(C)c1ccnc(N2c3ccc(C(C)(C)C)cc3C3(c4ccccc4N(c4ccccc4)c4ccccc43)c3cc(C(C)(C)C)c(Oc4cccc(-n5[c](=[Pt])n(-c6c(-c7ccccc7)cccc6-c6ccccc6)c6ccccc65)c4)cc32)c1. The van der Waals surface area contributed by atoms with Crippen molar-refractivity contribution >= 4 is 45.3 Å². The summed E-state index contributed by atoms with van der Waals surface area (Å²) in [4.78, 5) is 10.2. The Morgan fingerprint density at radius 1 is 0.395 bits per heavy atom. The van der Waals surface area contributed by atoms with Crippen LogP contribution in [0.1, 0.15) is 101 Å². The summed E-state index contributed by atoms with van der Waals surface area (Å²) in [6.45, 7) is 20.8. The topological polar surface area (TPSA) is 38.5 Å². The van der Waals surface area contributed by atoms with Crippen molar-refractivity contribution in [2.45, 2.75) is 84.0 Å². The van der Waals surface area contributed by atoms with Crippen LogP contribution in [0.5, 0.6) is 11.5 Å². The Morgan fingerprint density at radius 2 is 0.907 bits per heavy atom. The van der Waals surface area contributed by atoms with Crippen molar-refractivity contribution in [2.75, 3.05) is 9.80 Å². The minimum atomic E-state index is -0.803. The monoisotopic (exact) mass is 1300 g/mol. The number of aromatic nitrogens is 3. The molecule has 0 radical (unpaired) electrons. The summed E-state index contributed by atoms with van der Waals surface area (Å²) in [5, 5.41) is 0. The average molecular weight is 1300 g/mol. The molecular weight excluding hydrogens is 1230 g/mol. The van der Waals surface area contributed by atoms with Gasteiger partial charge in [-0.25, -0.2) is 0 Å². The molecule has 0 aliphatic carbocycles. The predicted octanol–water partition coefficient (Wildman–Crippen LogP) is 20.9. The van der Waals surface area contributed by atoms with Crippen molar-refractivity contribution in [3.63, 3.8) is 0 Å². The Hall–Kier alpha value is -9.09. The molecule has 0 N–H and O–H groups in total. The summed E-state index contributed by atoms with van der Waals surface area (Å²) >= 11 is 2.54. The molecule has 6 nitrogen and oxygen atoms in total. The van der Waals surface area contributed by atoms with Crippen molar-refractivity contribution in [3.05, 3.63) is 298 Å². The van der Waals surface area contributed by atoms with Crippen LogP contribution in [-0.2, 0) is 41.0 Å². The van der Waals surface area contributed by atoms with E-state index < -0.39 is 5.41 Å². The van der Waals surface area contributed by atoms with Crippen molar-refractivity contribution in [1.82, 2.24) is 14.1 Å². The third-order valence-electron chi connectivity index (χ3n) is 17.4. The molecule has 0 saturated carbocycles. The van der Waals surface area contributed by atoms with Crippen LogP contribution in [0.3, 0.4) is 0 Å². The summed E-state index contributed by atoms with van der Waals surface area (Å²) in [6, 6.07) is 91.1. The van der Waals surface area contributed by atoms with E-state index in [-0.39, 0.29) is 16.2 Å². The van der Waals surface area contributed by atoms with Gasteiger partial charge in [0.15, 0.2) is 0 Å². The van der Waals surface area contributed by atoms with Gasteiger partial charge in [0.2, 0.25) is 0 Å². The zero-order valence-electron chi connectivity index (χ0n) is 50.2. The second-order valence-electron chi connectivity index (χ2n) is 26.0. The number of benzene rings is 10. The van der Waals surface area contributed by atoms with Gasteiger partial charge in [0.05, 0.1) is 11.4 Å². The number of ether oxygens (including phenoxy) is 1. The molecule has 2 aliphatic heterocycles. The van der Waals surface area contributed by atoms with Gasteiger partial charge in [-0.05, 0) is 52.3 Å². The molecule has 4 heterocycles. The zero-order valence-corrected chi connectivity index (χ0v) is 52.5. The van der Waals surface area contributed by atoms with E-state index >= 15 is 0 Å². The van der Waals surface area contributed by atoms with Crippen LogP contribution in [0.15, 0.2) is 255 Å². The van der Waals surface area contributed by atoms with E-state index in [2.05, 4.69) is 349 Å². The van der Waals surface area contributed by atoms with Gasteiger partial charge in [0.25, 0.3) is 0 Å². The minimum absolute atomic E-state index is 0.133. The van der Waals surface area contributed by atoms with Crippen LogP contribution in [0.4, 0.5) is 34.3 Å². The molecule has 0 atom stereocenters. The number of nitrogens with zero attached hydrogens (tertiary/aromatic N) is 5. The van der Waals surface area contributed by atoms with E-state index in [1.807, 2.05) is 6.20 Å². The van der Waals surface area contributed by atoms with Crippen molar-refractivity contribution in [1.29, 1.82) is 0 Å². The van der Waals surface area contributed by atoms with Crippen LogP contribution in [0.2, 0.25) is 0 Å². The fourth-order valence-electron chi connectivity index (χ4n) is 13.3. The molecule has 1 spiro atoms. The molecule has 0 unspecified atom stereocenters. The van der Waals surface area contributed by atoms with Crippen LogP contribution in [0.25, 0.3) is 44.7 Å². The molecule has 2 aliphatic rings. The Morgan fingerprint density at radius 3 is 1.51 bits per heavy atom. The van der Waals surface area contributed by atoms with Crippen molar-refractivity contribution in [2.24, 2.45) is 0 Å². The van der Waals surface area contributed by atoms with E-state index in [4.69, 9.17) is 9.72 Å². The van der Waals surface area contributed by atoms with E-state index in [1.54, 1.807) is 0 Å².